The number of urea groups is 1. The van der Waals surface area contributed by atoms with E-state index in [1.165, 1.54) is 4.90 Å². The van der Waals surface area contributed by atoms with Crippen LogP contribution < -0.4 is 16.0 Å². The second-order valence-electron chi connectivity index (χ2n) is 3.92. The highest BCUT2D eigenvalue weighted by atomic mass is 16.4. The molecule has 4 amide bonds. The number of rotatable bonds is 4. The molecule has 9 nitrogen and oxygen atoms in total. The Bertz CT molecular complexity index is 384. The minimum atomic E-state index is -1.16. The van der Waals surface area contributed by atoms with Crippen LogP contribution in [0, 0.1) is 0 Å². The first-order chi connectivity index (χ1) is 8.99. The number of carbonyl (C=O) groups is 4. The zero-order valence-electron chi connectivity index (χ0n) is 10.3. The summed E-state index contributed by atoms with van der Waals surface area (Å²) in [5, 5.41) is 15.5. The van der Waals surface area contributed by atoms with Gasteiger partial charge in [0, 0.05) is 26.1 Å². The molecule has 1 saturated heterocycles. The van der Waals surface area contributed by atoms with E-state index in [9.17, 15) is 19.2 Å². The number of carbonyl (C=O) groups excluding carboxylic acids is 3. The fraction of sp³-hybridized carbons (Fsp3) is 0.600. The number of amides is 4. The molecule has 1 fully saturated rings. The van der Waals surface area contributed by atoms with Crippen LogP contribution in [-0.4, -0.2) is 66.5 Å². The maximum atomic E-state index is 11.7. The van der Waals surface area contributed by atoms with E-state index in [1.807, 2.05) is 0 Å². The molecule has 0 unspecified atom stereocenters. The van der Waals surface area contributed by atoms with Crippen LogP contribution in [0.15, 0.2) is 0 Å². The summed E-state index contributed by atoms with van der Waals surface area (Å²) in [6.45, 7) is 0.237. The third-order valence-corrected chi connectivity index (χ3v) is 2.44. The Balaban J connectivity index is 2.28. The van der Waals surface area contributed by atoms with E-state index in [-0.39, 0.29) is 25.4 Å². The molecule has 0 atom stereocenters. The SMILES string of the molecule is O=C(O)CNC(=O)CNC(=O)N1CCNC(=O)CC1. The standard InChI is InChI=1S/C10H16N4O5/c15-7-1-3-14(4-2-11-7)10(19)13-5-8(16)12-6-9(17)18/h1-6H2,(H,11,15)(H,12,16)(H,13,19)(H,17,18). The molecule has 4 N–H and O–H groups in total. The Morgan fingerprint density at radius 1 is 1.21 bits per heavy atom. The van der Waals surface area contributed by atoms with Crippen molar-refractivity contribution < 1.29 is 24.3 Å². The molecule has 1 heterocycles. The van der Waals surface area contributed by atoms with Gasteiger partial charge in [-0.25, -0.2) is 4.79 Å². The van der Waals surface area contributed by atoms with Gasteiger partial charge in [0.15, 0.2) is 0 Å². The predicted molar refractivity (Wildman–Crippen MR) is 63.2 cm³/mol. The number of hydrogen-bond donors (Lipinski definition) is 4. The molecule has 0 aromatic carbocycles. The van der Waals surface area contributed by atoms with E-state index in [1.54, 1.807) is 0 Å². The molecule has 0 aromatic heterocycles. The zero-order chi connectivity index (χ0) is 14.3. The topological polar surface area (TPSA) is 128 Å². The van der Waals surface area contributed by atoms with Crippen molar-refractivity contribution >= 4 is 23.8 Å². The Morgan fingerprint density at radius 3 is 2.63 bits per heavy atom. The van der Waals surface area contributed by atoms with Gasteiger partial charge < -0.3 is 26.0 Å². The van der Waals surface area contributed by atoms with Crippen LogP contribution in [0.3, 0.4) is 0 Å². The molecule has 0 spiro atoms. The second-order valence-corrected chi connectivity index (χ2v) is 3.92. The summed E-state index contributed by atoms with van der Waals surface area (Å²) >= 11 is 0. The molecule has 106 valence electrons. The van der Waals surface area contributed by atoms with Gasteiger partial charge in [0.25, 0.3) is 0 Å². The summed E-state index contributed by atoms with van der Waals surface area (Å²) in [6, 6.07) is -0.457. The number of hydrogen-bond acceptors (Lipinski definition) is 4. The number of nitrogens with one attached hydrogen (secondary N) is 3. The van der Waals surface area contributed by atoms with E-state index < -0.39 is 24.5 Å². The van der Waals surface area contributed by atoms with Crippen molar-refractivity contribution in [3.8, 4) is 0 Å². The Kier molecular flexibility index (Phi) is 5.58. The lowest BCUT2D eigenvalue weighted by Gasteiger charge is -2.19. The number of nitrogens with zero attached hydrogens (tertiary/aromatic N) is 1. The molecule has 9 heteroatoms. The van der Waals surface area contributed by atoms with Gasteiger partial charge in [-0.2, -0.15) is 0 Å². The van der Waals surface area contributed by atoms with Crippen molar-refractivity contribution in [3.05, 3.63) is 0 Å². The van der Waals surface area contributed by atoms with Crippen molar-refractivity contribution in [2.75, 3.05) is 32.7 Å². The molecule has 19 heavy (non-hydrogen) atoms. The molecule has 0 radical (unpaired) electrons. The van der Waals surface area contributed by atoms with Gasteiger partial charge in [0.1, 0.15) is 6.54 Å². The first-order valence-corrected chi connectivity index (χ1v) is 5.77. The third-order valence-electron chi connectivity index (χ3n) is 2.44. The number of carboxylic acids is 1. The van der Waals surface area contributed by atoms with Crippen molar-refractivity contribution in [2.45, 2.75) is 6.42 Å². The average molecular weight is 272 g/mol. The van der Waals surface area contributed by atoms with Gasteiger partial charge in [-0.15, -0.1) is 0 Å². The Labute approximate surface area is 109 Å². The van der Waals surface area contributed by atoms with Crippen molar-refractivity contribution in [1.82, 2.24) is 20.9 Å². The molecular formula is C10H16N4O5. The van der Waals surface area contributed by atoms with E-state index >= 15 is 0 Å². The minimum absolute atomic E-state index is 0.116. The van der Waals surface area contributed by atoms with Crippen LogP contribution in [0.5, 0.6) is 0 Å². The van der Waals surface area contributed by atoms with E-state index in [0.717, 1.165) is 0 Å². The van der Waals surface area contributed by atoms with Crippen LogP contribution >= 0.6 is 0 Å². The summed E-state index contributed by atoms with van der Waals surface area (Å²) in [7, 11) is 0. The number of carboxylic acid groups (broad SMARTS) is 1. The van der Waals surface area contributed by atoms with Crippen LogP contribution in [0.2, 0.25) is 0 Å². The fourth-order valence-corrected chi connectivity index (χ4v) is 1.47. The predicted octanol–water partition coefficient (Wildman–Crippen LogP) is -2.28. The van der Waals surface area contributed by atoms with Gasteiger partial charge in [-0.1, -0.05) is 0 Å². The molecule has 1 rings (SSSR count). The molecule has 1 aliphatic rings. The minimum Gasteiger partial charge on any atom is -0.480 e. The summed E-state index contributed by atoms with van der Waals surface area (Å²) in [5.74, 6) is -1.86. The third kappa shape index (κ3) is 5.70. The molecular weight excluding hydrogens is 256 g/mol. The Morgan fingerprint density at radius 2 is 1.95 bits per heavy atom. The maximum Gasteiger partial charge on any atom is 0.322 e. The van der Waals surface area contributed by atoms with Gasteiger partial charge in [0.2, 0.25) is 11.8 Å². The number of aliphatic carboxylic acids is 1. The van der Waals surface area contributed by atoms with Gasteiger partial charge in [0.05, 0.1) is 6.54 Å². The summed E-state index contributed by atoms with van der Waals surface area (Å²) < 4.78 is 0. The van der Waals surface area contributed by atoms with Crippen molar-refractivity contribution in [1.29, 1.82) is 0 Å². The van der Waals surface area contributed by atoms with Crippen LogP contribution in [0.4, 0.5) is 4.79 Å². The van der Waals surface area contributed by atoms with E-state index in [4.69, 9.17) is 5.11 Å². The second kappa shape index (κ2) is 7.19. The van der Waals surface area contributed by atoms with Gasteiger partial charge in [-0.05, 0) is 0 Å². The van der Waals surface area contributed by atoms with Crippen LogP contribution in [0.25, 0.3) is 0 Å². The van der Waals surface area contributed by atoms with Crippen molar-refractivity contribution in [2.24, 2.45) is 0 Å². The lowest BCUT2D eigenvalue weighted by Crippen LogP contribution is -2.46. The molecule has 1 aliphatic heterocycles. The largest absolute Gasteiger partial charge is 0.480 e. The highest BCUT2D eigenvalue weighted by Crippen LogP contribution is 1.96. The highest BCUT2D eigenvalue weighted by molar-refractivity contribution is 5.86. The molecule has 0 aliphatic carbocycles. The monoisotopic (exact) mass is 272 g/mol. The van der Waals surface area contributed by atoms with Gasteiger partial charge >= 0.3 is 12.0 Å². The first-order valence-electron chi connectivity index (χ1n) is 5.77. The summed E-state index contributed by atoms with van der Waals surface area (Å²) in [4.78, 5) is 45.6. The zero-order valence-corrected chi connectivity index (χ0v) is 10.3. The molecule has 0 saturated carbocycles. The summed E-state index contributed by atoms with van der Waals surface area (Å²) in [6.07, 6.45) is 0.221. The maximum absolute atomic E-state index is 11.7. The first kappa shape index (κ1) is 14.7. The smallest absolute Gasteiger partial charge is 0.322 e. The quantitative estimate of drug-likeness (QED) is 0.458. The van der Waals surface area contributed by atoms with E-state index in [0.29, 0.717) is 13.1 Å². The molecule has 0 aromatic rings. The van der Waals surface area contributed by atoms with Crippen molar-refractivity contribution in [3.63, 3.8) is 0 Å². The van der Waals surface area contributed by atoms with Gasteiger partial charge in [-0.3, -0.25) is 14.4 Å². The lowest BCUT2D eigenvalue weighted by atomic mass is 10.4. The van der Waals surface area contributed by atoms with Crippen LogP contribution in [-0.2, 0) is 14.4 Å². The van der Waals surface area contributed by atoms with E-state index in [2.05, 4.69) is 16.0 Å². The average Bonchev–Trinajstić information content (AvgIpc) is 2.58. The molecule has 0 bridgehead atoms. The summed E-state index contributed by atoms with van der Waals surface area (Å²) in [5.41, 5.74) is 0. The normalized spacial score (nSPS) is 15.2. The van der Waals surface area contributed by atoms with Crippen LogP contribution in [0.1, 0.15) is 6.42 Å². The highest BCUT2D eigenvalue weighted by Gasteiger charge is 2.18. The Hall–Kier alpha value is -2.32. The lowest BCUT2D eigenvalue weighted by molar-refractivity contribution is -0.137. The fourth-order valence-electron chi connectivity index (χ4n) is 1.47.